The first kappa shape index (κ1) is 8.53. The van der Waals surface area contributed by atoms with E-state index in [0.717, 1.165) is 18.8 Å². The summed E-state index contributed by atoms with van der Waals surface area (Å²) in [5, 5.41) is 0. The topological polar surface area (TPSA) is 44.5 Å². The van der Waals surface area contributed by atoms with Gasteiger partial charge in [-0.2, -0.15) is 0 Å². The van der Waals surface area contributed by atoms with Crippen LogP contribution in [0.3, 0.4) is 0 Å². The molecule has 0 spiro atoms. The van der Waals surface area contributed by atoms with E-state index in [4.69, 9.17) is 10.6 Å². The lowest BCUT2D eigenvalue weighted by Crippen LogP contribution is -2.03. The van der Waals surface area contributed by atoms with Crippen molar-refractivity contribution in [3.05, 3.63) is 28.8 Å². The van der Waals surface area contributed by atoms with Crippen LogP contribution in [-0.2, 0) is 17.9 Å². The minimum atomic E-state index is 0.471. The van der Waals surface area contributed by atoms with E-state index in [1.54, 1.807) is 0 Å². The quantitative estimate of drug-likeness (QED) is 0.696. The van der Waals surface area contributed by atoms with E-state index < -0.39 is 0 Å². The van der Waals surface area contributed by atoms with Crippen molar-refractivity contribution >= 4 is 0 Å². The molecule has 0 aromatic heterocycles. The van der Waals surface area contributed by atoms with Gasteiger partial charge in [-0.05, 0) is 24.1 Å². The molecular formula is C10H13NO2. The van der Waals surface area contributed by atoms with E-state index in [-0.39, 0.29) is 0 Å². The zero-order chi connectivity index (χ0) is 9.26. The zero-order valence-electron chi connectivity index (χ0n) is 7.67. The van der Waals surface area contributed by atoms with Crippen LogP contribution >= 0.6 is 0 Å². The minimum absolute atomic E-state index is 0.471. The SMILES string of the molecule is Cc1ccc2c(c1CON)CCO2. The van der Waals surface area contributed by atoms with Gasteiger partial charge in [0.1, 0.15) is 5.75 Å². The Hall–Kier alpha value is -1.06. The molecule has 3 nitrogen and oxygen atoms in total. The molecule has 0 saturated carbocycles. The second-order valence-electron chi connectivity index (χ2n) is 3.25. The number of nitrogens with two attached hydrogens (primary N) is 1. The van der Waals surface area contributed by atoms with Crippen molar-refractivity contribution in [2.24, 2.45) is 5.90 Å². The van der Waals surface area contributed by atoms with Crippen molar-refractivity contribution in [3.8, 4) is 5.75 Å². The van der Waals surface area contributed by atoms with Gasteiger partial charge in [0, 0.05) is 12.0 Å². The Morgan fingerprint density at radius 2 is 2.38 bits per heavy atom. The molecule has 1 heterocycles. The molecule has 2 N–H and O–H groups in total. The lowest BCUT2D eigenvalue weighted by molar-refractivity contribution is 0.123. The van der Waals surface area contributed by atoms with Gasteiger partial charge in [0.15, 0.2) is 0 Å². The Morgan fingerprint density at radius 1 is 1.54 bits per heavy atom. The van der Waals surface area contributed by atoms with Crippen LogP contribution in [0.5, 0.6) is 5.75 Å². The van der Waals surface area contributed by atoms with Gasteiger partial charge in [-0.1, -0.05) is 6.07 Å². The number of aryl methyl sites for hydroxylation is 1. The lowest BCUT2D eigenvalue weighted by Gasteiger charge is -2.08. The van der Waals surface area contributed by atoms with Gasteiger partial charge in [0.25, 0.3) is 0 Å². The van der Waals surface area contributed by atoms with E-state index in [1.807, 2.05) is 12.1 Å². The summed E-state index contributed by atoms with van der Waals surface area (Å²) in [5.74, 6) is 6.07. The van der Waals surface area contributed by atoms with Crippen LogP contribution in [-0.4, -0.2) is 6.61 Å². The third-order valence-corrected chi connectivity index (χ3v) is 2.46. The summed E-state index contributed by atoms with van der Waals surface area (Å²) in [7, 11) is 0. The van der Waals surface area contributed by atoms with Crippen LogP contribution in [0.2, 0.25) is 0 Å². The predicted octanol–water partition coefficient (Wildman–Crippen LogP) is 1.32. The summed E-state index contributed by atoms with van der Waals surface area (Å²) in [6.45, 7) is 3.31. The highest BCUT2D eigenvalue weighted by Crippen LogP contribution is 2.30. The molecular weight excluding hydrogens is 166 g/mol. The summed E-state index contributed by atoms with van der Waals surface area (Å²) in [5.41, 5.74) is 3.65. The van der Waals surface area contributed by atoms with Crippen LogP contribution in [0.1, 0.15) is 16.7 Å². The largest absolute Gasteiger partial charge is 0.493 e. The maximum absolute atomic E-state index is 5.44. The molecule has 0 saturated heterocycles. The maximum atomic E-state index is 5.44. The van der Waals surface area contributed by atoms with E-state index in [9.17, 15) is 0 Å². The number of benzene rings is 1. The molecule has 1 aromatic carbocycles. The molecule has 0 atom stereocenters. The van der Waals surface area contributed by atoms with Crippen LogP contribution in [0.25, 0.3) is 0 Å². The highest BCUT2D eigenvalue weighted by Gasteiger charge is 2.17. The van der Waals surface area contributed by atoms with Gasteiger partial charge in [0.2, 0.25) is 0 Å². The van der Waals surface area contributed by atoms with Crippen molar-refractivity contribution in [1.82, 2.24) is 0 Å². The van der Waals surface area contributed by atoms with Crippen molar-refractivity contribution in [2.75, 3.05) is 6.61 Å². The predicted molar refractivity (Wildman–Crippen MR) is 49.4 cm³/mol. The fraction of sp³-hybridized carbons (Fsp3) is 0.400. The van der Waals surface area contributed by atoms with Gasteiger partial charge >= 0.3 is 0 Å². The van der Waals surface area contributed by atoms with Crippen LogP contribution in [0.15, 0.2) is 12.1 Å². The molecule has 0 aliphatic carbocycles. The van der Waals surface area contributed by atoms with Crippen LogP contribution < -0.4 is 10.6 Å². The van der Waals surface area contributed by atoms with Crippen molar-refractivity contribution in [3.63, 3.8) is 0 Å². The number of hydrogen-bond acceptors (Lipinski definition) is 3. The van der Waals surface area contributed by atoms with E-state index in [0.29, 0.717) is 6.61 Å². The molecule has 0 unspecified atom stereocenters. The Balaban J connectivity index is 2.45. The van der Waals surface area contributed by atoms with Gasteiger partial charge in [-0.15, -0.1) is 0 Å². The molecule has 0 radical (unpaired) electrons. The second kappa shape index (κ2) is 3.36. The van der Waals surface area contributed by atoms with E-state index in [2.05, 4.69) is 11.8 Å². The maximum Gasteiger partial charge on any atom is 0.123 e. The Bertz CT molecular complexity index is 323. The highest BCUT2D eigenvalue weighted by atomic mass is 16.6. The molecule has 2 rings (SSSR count). The Kier molecular flexibility index (Phi) is 2.20. The summed E-state index contributed by atoms with van der Waals surface area (Å²) in [6.07, 6.45) is 0.968. The third kappa shape index (κ3) is 1.41. The molecule has 13 heavy (non-hydrogen) atoms. The van der Waals surface area contributed by atoms with Crippen molar-refractivity contribution in [2.45, 2.75) is 20.0 Å². The van der Waals surface area contributed by atoms with Gasteiger partial charge < -0.3 is 4.74 Å². The van der Waals surface area contributed by atoms with Gasteiger partial charge in [-0.3, -0.25) is 4.84 Å². The minimum Gasteiger partial charge on any atom is -0.493 e. The van der Waals surface area contributed by atoms with Crippen molar-refractivity contribution < 1.29 is 9.57 Å². The molecule has 70 valence electrons. The number of rotatable bonds is 2. The molecule has 1 aromatic rings. The summed E-state index contributed by atoms with van der Waals surface area (Å²) < 4.78 is 5.44. The number of hydrogen-bond donors (Lipinski definition) is 1. The normalized spacial score (nSPS) is 14.0. The van der Waals surface area contributed by atoms with Crippen LogP contribution in [0.4, 0.5) is 0 Å². The summed E-state index contributed by atoms with van der Waals surface area (Å²) in [4.78, 5) is 4.68. The average Bonchev–Trinajstić information content (AvgIpc) is 2.58. The first-order valence-electron chi connectivity index (χ1n) is 4.38. The Labute approximate surface area is 77.4 Å². The van der Waals surface area contributed by atoms with E-state index in [1.165, 1.54) is 16.7 Å². The molecule has 0 amide bonds. The molecule has 0 bridgehead atoms. The summed E-state index contributed by atoms with van der Waals surface area (Å²) in [6, 6.07) is 4.05. The standard InChI is InChI=1S/C10H13NO2/c1-7-2-3-10-8(4-5-12-10)9(7)6-13-11/h2-3H,4-6,11H2,1H3. The third-order valence-electron chi connectivity index (χ3n) is 2.46. The second-order valence-corrected chi connectivity index (χ2v) is 3.25. The monoisotopic (exact) mass is 179 g/mol. The average molecular weight is 179 g/mol. The summed E-state index contributed by atoms with van der Waals surface area (Å²) >= 11 is 0. The first-order valence-corrected chi connectivity index (χ1v) is 4.38. The fourth-order valence-corrected chi connectivity index (χ4v) is 1.75. The Morgan fingerprint density at radius 3 is 3.15 bits per heavy atom. The molecule has 0 fully saturated rings. The van der Waals surface area contributed by atoms with E-state index >= 15 is 0 Å². The smallest absolute Gasteiger partial charge is 0.123 e. The molecule has 3 heteroatoms. The molecule has 1 aliphatic heterocycles. The highest BCUT2D eigenvalue weighted by molar-refractivity contribution is 5.46. The zero-order valence-corrected chi connectivity index (χ0v) is 7.67. The number of fused-ring (bicyclic) bond motifs is 1. The van der Waals surface area contributed by atoms with Gasteiger partial charge in [-0.25, -0.2) is 5.90 Å². The van der Waals surface area contributed by atoms with Gasteiger partial charge in [0.05, 0.1) is 13.2 Å². The number of ether oxygens (including phenoxy) is 1. The fourth-order valence-electron chi connectivity index (χ4n) is 1.75. The van der Waals surface area contributed by atoms with Crippen LogP contribution in [0, 0.1) is 6.92 Å². The van der Waals surface area contributed by atoms with Crippen molar-refractivity contribution in [1.29, 1.82) is 0 Å². The lowest BCUT2D eigenvalue weighted by atomic mass is 10.0. The first-order chi connectivity index (χ1) is 6.33. The molecule has 1 aliphatic rings.